The minimum atomic E-state index is -2.54. The van der Waals surface area contributed by atoms with Crippen LogP contribution in [0.15, 0.2) is 0 Å². The van der Waals surface area contributed by atoms with Crippen molar-refractivity contribution < 1.29 is 13.6 Å². The van der Waals surface area contributed by atoms with Gasteiger partial charge in [0.15, 0.2) is 0 Å². The van der Waals surface area contributed by atoms with Crippen LogP contribution in [-0.4, -0.2) is 29.8 Å². The summed E-state index contributed by atoms with van der Waals surface area (Å²) in [5.41, 5.74) is 0. The van der Waals surface area contributed by atoms with Gasteiger partial charge in [-0.1, -0.05) is 6.92 Å². The number of likely N-dealkylation sites (tertiary alicyclic amines) is 1. The van der Waals surface area contributed by atoms with Gasteiger partial charge in [-0.25, -0.2) is 8.78 Å². The summed E-state index contributed by atoms with van der Waals surface area (Å²) in [7, 11) is 0. The Kier molecular flexibility index (Phi) is 3.69. The van der Waals surface area contributed by atoms with E-state index in [0.29, 0.717) is 18.8 Å². The molecular formula is C13H21F2NO. The molecule has 1 aliphatic carbocycles. The average molecular weight is 245 g/mol. The molecule has 98 valence electrons. The van der Waals surface area contributed by atoms with Crippen LogP contribution in [0.5, 0.6) is 0 Å². The molecule has 1 saturated carbocycles. The van der Waals surface area contributed by atoms with E-state index in [1.165, 1.54) is 6.42 Å². The van der Waals surface area contributed by atoms with Crippen LogP contribution in [0.3, 0.4) is 0 Å². The molecule has 0 aromatic rings. The molecule has 1 heterocycles. The lowest BCUT2D eigenvalue weighted by molar-refractivity contribution is -0.141. The van der Waals surface area contributed by atoms with Crippen molar-refractivity contribution in [2.24, 2.45) is 11.8 Å². The molecule has 1 atom stereocenters. The minimum Gasteiger partial charge on any atom is -0.342 e. The van der Waals surface area contributed by atoms with Gasteiger partial charge in [-0.3, -0.25) is 4.79 Å². The number of halogens is 2. The highest BCUT2D eigenvalue weighted by atomic mass is 19.3. The summed E-state index contributed by atoms with van der Waals surface area (Å²) in [4.78, 5) is 14.1. The smallest absolute Gasteiger partial charge is 0.248 e. The number of carbonyl (C=O) groups excluding carboxylic acids is 1. The molecule has 4 heteroatoms. The van der Waals surface area contributed by atoms with Crippen LogP contribution in [0, 0.1) is 11.8 Å². The zero-order valence-corrected chi connectivity index (χ0v) is 10.4. The van der Waals surface area contributed by atoms with Crippen molar-refractivity contribution in [3.8, 4) is 0 Å². The van der Waals surface area contributed by atoms with Gasteiger partial charge in [0, 0.05) is 31.8 Å². The summed E-state index contributed by atoms with van der Waals surface area (Å²) in [6.07, 6.45) is 2.70. The van der Waals surface area contributed by atoms with E-state index in [-0.39, 0.29) is 24.7 Å². The third-order valence-corrected chi connectivity index (χ3v) is 4.04. The largest absolute Gasteiger partial charge is 0.342 e. The van der Waals surface area contributed by atoms with Crippen LogP contribution < -0.4 is 0 Å². The van der Waals surface area contributed by atoms with Gasteiger partial charge < -0.3 is 4.90 Å². The van der Waals surface area contributed by atoms with Crippen molar-refractivity contribution in [3.05, 3.63) is 0 Å². The maximum atomic E-state index is 13.0. The van der Waals surface area contributed by atoms with Crippen molar-refractivity contribution in [2.75, 3.05) is 13.1 Å². The average Bonchev–Trinajstić information content (AvgIpc) is 2.28. The summed E-state index contributed by atoms with van der Waals surface area (Å²) in [5.74, 6) is -2.02. The second-order valence-corrected chi connectivity index (χ2v) is 5.66. The zero-order valence-electron chi connectivity index (χ0n) is 10.4. The highest BCUT2D eigenvalue weighted by Crippen LogP contribution is 2.37. The fraction of sp³-hybridized carbons (Fsp3) is 0.923. The molecule has 0 N–H and O–H groups in total. The van der Waals surface area contributed by atoms with Gasteiger partial charge in [0.05, 0.1) is 0 Å². The van der Waals surface area contributed by atoms with E-state index in [0.717, 1.165) is 19.5 Å². The van der Waals surface area contributed by atoms with Gasteiger partial charge in [-0.05, 0) is 31.6 Å². The maximum Gasteiger partial charge on any atom is 0.248 e. The predicted octanol–water partition coefficient (Wildman–Crippen LogP) is 3.07. The van der Waals surface area contributed by atoms with Crippen LogP contribution >= 0.6 is 0 Å². The molecule has 0 radical (unpaired) electrons. The molecule has 0 aromatic carbocycles. The molecule has 1 aliphatic heterocycles. The van der Waals surface area contributed by atoms with E-state index < -0.39 is 5.92 Å². The third-order valence-electron chi connectivity index (χ3n) is 4.04. The first kappa shape index (κ1) is 12.8. The minimum absolute atomic E-state index is 0.118. The molecule has 17 heavy (non-hydrogen) atoms. The molecular weight excluding hydrogens is 224 g/mol. The van der Waals surface area contributed by atoms with Crippen molar-refractivity contribution in [2.45, 2.75) is 51.4 Å². The number of alkyl halides is 2. The zero-order chi connectivity index (χ0) is 12.5. The van der Waals surface area contributed by atoms with E-state index in [9.17, 15) is 13.6 Å². The fourth-order valence-electron chi connectivity index (χ4n) is 2.93. The summed E-state index contributed by atoms with van der Waals surface area (Å²) >= 11 is 0. The monoisotopic (exact) mass is 245 g/mol. The molecule has 0 spiro atoms. The Labute approximate surface area is 101 Å². The number of amides is 1. The van der Waals surface area contributed by atoms with Gasteiger partial charge >= 0.3 is 0 Å². The van der Waals surface area contributed by atoms with Crippen molar-refractivity contribution in [1.82, 2.24) is 4.90 Å². The molecule has 2 rings (SSSR count). The van der Waals surface area contributed by atoms with Crippen LogP contribution in [0.4, 0.5) is 8.78 Å². The van der Waals surface area contributed by atoms with Gasteiger partial charge in [-0.2, -0.15) is 0 Å². The van der Waals surface area contributed by atoms with Crippen molar-refractivity contribution >= 4 is 5.91 Å². The highest BCUT2D eigenvalue weighted by Gasteiger charge is 2.39. The first-order chi connectivity index (χ1) is 7.98. The number of hydrogen-bond acceptors (Lipinski definition) is 1. The standard InChI is InChI=1S/C13H21F2NO/c1-10-3-2-8-16(9-10)12(17)11-4-6-13(14,15)7-5-11/h10-11H,2-9H2,1H3/t10-/m1/s1. The molecule has 1 amide bonds. The first-order valence-electron chi connectivity index (χ1n) is 6.64. The van der Waals surface area contributed by atoms with Crippen LogP contribution in [0.1, 0.15) is 45.4 Å². The summed E-state index contributed by atoms with van der Waals surface area (Å²) < 4.78 is 26.0. The topological polar surface area (TPSA) is 20.3 Å². The third kappa shape index (κ3) is 3.17. The Hall–Kier alpha value is -0.670. The number of piperidine rings is 1. The van der Waals surface area contributed by atoms with E-state index >= 15 is 0 Å². The van der Waals surface area contributed by atoms with Crippen LogP contribution in [0.25, 0.3) is 0 Å². The number of hydrogen-bond donors (Lipinski definition) is 0. The van der Waals surface area contributed by atoms with E-state index in [2.05, 4.69) is 6.92 Å². The van der Waals surface area contributed by atoms with Gasteiger partial charge in [-0.15, -0.1) is 0 Å². The summed E-state index contributed by atoms with van der Waals surface area (Å²) in [5, 5.41) is 0. The second kappa shape index (κ2) is 4.91. The molecule has 2 nitrogen and oxygen atoms in total. The molecule has 2 fully saturated rings. The predicted molar refractivity (Wildman–Crippen MR) is 61.9 cm³/mol. The summed E-state index contributed by atoms with van der Waals surface area (Å²) in [6.45, 7) is 3.77. The summed E-state index contributed by atoms with van der Waals surface area (Å²) in [6, 6.07) is 0. The lowest BCUT2D eigenvalue weighted by Crippen LogP contribution is -2.44. The first-order valence-corrected chi connectivity index (χ1v) is 6.64. The SMILES string of the molecule is C[C@@H]1CCCN(C(=O)C2CCC(F)(F)CC2)C1. The van der Waals surface area contributed by atoms with Gasteiger partial charge in [0.1, 0.15) is 0 Å². The fourth-order valence-corrected chi connectivity index (χ4v) is 2.93. The van der Waals surface area contributed by atoms with Crippen molar-refractivity contribution in [3.63, 3.8) is 0 Å². The quantitative estimate of drug-likeness (QED) is 0.695. The highest BCUT2D eigenvalue weighted by molar-refractivity contribution is 5.79. The molecule has 0 unspecified atom stereocenters. The Bertz CT molecular complexity index is 283. The Morgan fingerprint density at radius 3 is 2.47 bits per heavy atom. The van der Waals surface area contributed by atoms with Crippen LogP contribution in [-0.2, 0) is 4.79 Å². The van der Waals surface area contributed by atoms with E-state index in [1.54, 1.807) is 0 Å². The molecule has 2 aliphatic rings. The second-order valence-electron chi connectivity index (χ2n) is 5.66. The van der Waals surface area contributed by atoms with Crippen LogP contribution in [0.2, 0.25) is 0 Å². The normalized spacial score (nSPS) is 30.3. The van der Waals surface area contributed by atoms with Gasteiger partial charge in [0.25, 0.3) is 0 Å². The van der Waals surface area contributed by atoms with Crippen molar-refractivity contribution in [1.29, 1.82) is 0 Å². The van der Waals surface area contributed by atoms with E-state index in [1.807, 2.05) is 4.90 Å². The number of rotatable bonds is 1. The lowest BCUT2D eigenvalue weighted by Gasteiger charge is -2.36. The van der Waals surface area contributed by atoms with Gasteiger partial charge in [0.2, 0.25) is 11.8 Å². The Morgan fingerprint density at radius 1 is 1.24 bits per heavy atom. The Balaban J connectivity index is 1.88. The molecule has 0 aromatic heterocycles. The molecule has 1 saturated heterocycles. The Morgan fingerprint density at radius 2 is 1.88 bits per heavy atom. The molecule has 0 bridgehead atoms. The van der Waals surface area contributed by atoms with E-state index in [4.69, 9.17) is 0 Å². The number of nitrogens with zero attached hydrogens (tertiary/aromatic N) is 1. The maximum absolute atomic E-state index is 13.0. The lowest BCUT2D eigenvalue weighted by atomic mass is 9.85. The number of carbonyl (C=O) groups is 1.